The molecule has 6 rings (SSSR count). The maximum Gasteiger partial charge on any atom is 0.169 e. The summed E-state index contributed by atoms with van der Waals surface area (Å²) in [4.78, 5) is 20.0. The number of halogens is 1. The summed E-state index contributed by atoms with van der Waals surface area (Å²) in [6.45, 7) is 8.52. The highest BCUT2D eigenvalue weighted by Crippen LogP contribution is 2.51. The second-order valence-electron chi connectivity index (χ2n) is 12.7. The summed E-state index contributed by atoms with van der Waals surface area (Å²) >= 11 is 13.2. The van der Waals surface area contributed by atoms with Gasteiger partial charge < -0.3 is 0 Å². The van der Waals surface area contributed by atoms with Crippen molar-refractivity contribution < 1.29 is 4.79 Å². The fourth-order valence-corrected chi connectivity index (χ4v) is 13.1. The number of ketones is 1. The molecule has 0 aliphatic rings. The number of carbonyl (C=O) groups excluding carboxylic acids is 1. The summed E-state index contributed by atoms with van der Waals surface area (Å²) < 4.78 is 5.52. The van der Waals surface area contributed by atoms with Gasteiger partial charge in [-0.25, -0.2) is 0 Å². The van der Waals surface area contributed by atoms with Gasteiger partial charge in [-0.15, -0.1) is 56.7 Å². The van der Waals surface area contributed by atoms with Crippen LogP contribution in [0.5, 0.6) is 0 Å². The predicted molar refractivity (Wildman–Crippen MR) is 216 cm³/mol. The first kappa shape index (κ1) is 34.5. The van der Waals surface area contributed by atoms with Crippen LogP contribution in [-0.2, 0) is 12.8 Å². The summed E-state index contributed by atoms with van der Waals surface area (Å²) in [6, 6.07) is 11.7. The summed E-state index contributed by atoms with van der Waals surface area (Å²) in [6.07, 6.45) is 18.1. The van der Waals surface area contributed by atoms with Gasteiger partial charge in [0.2, 0.25) is 0 Å². The average Bonchev–Trinajstić information content (AvgIpc) is 3.86. The molecule has 0 fully saturated rings. The Bertz CT molecular complexity index is 1870. The molecule has 0 aliphatic carbocycles. The number of fused-ring (bicyclic) bond motifs is 3. The van der Waals surface area contributed by atoms with Gasteiger partial charge in [-0.3, -0.25) is 4.79 Å². The van der Waals surface area contributed by atoms with E-state index in [0.29, 0.717) is 0 Å². The van der Waals surface area contributed by atoms with Crippen LogP contribution in [0.2, 0.25) is 0 Å². The Labute approximate surface area is 303 Å². The van der Waals surface area contributed by atoms with Crippen LogP contribution < -0.4 is 0 Å². The lowest BCUT2D eigenvalue weighted by molar-refractivity contribution is 0.102. The molecule has 0 aliphatic heterocycles. The predicted octanol–water partition coefficient (Wildman–Crippen LogP) is 15.9. The largest absolute Gasteiger partial charge is 0.294 e. The summed E-state index contributed by atoms with van der Waals surface area (Å²) in [7, 11) is 0. The van der Waals surface area contributed by atoms with E-state index in [1.165, 1.54) is 135 Å². The maximum atomic E-state index is 12.3. The molecule has 0 amide bonds. The van der Waals surface area contributed by atoms with Crippen LogP contribution in [-0.4, -0.2) is 5.78 Å². The minimum atomic E-state index is 0.171. The Morgan fingerprint density at radius 3 is 1.74 bits per heavy atom. The van der Waals surface area contributed by atoms with Crippen LogP contribution in [0, 0.1) is 6.92 Å². The number of hydrogen-bond acceptors (Lipinski definition) is 6. The Balaban J connectivity index is 1.47. The van der Waals surface area contributed by atoms with Gasteiger partial charge in [0.05, 0.1) is 13.5 Å². The fourth-order valence-electron chi connectivity index (χ4n) is 6.70. The van der Waals surface area contributed by atoms with Gasteiger partial charge in [-0.2, -0.15) is 0 Å². The molecule has 0 unspecified atom stereocenters. The topological polar surface area (TPSA) is 17.1 Å². The van der Waals surface area contributed by atoms with Crippen molar-refractivity contribution in [3.63, 3.8) is 0 Å². The first-order valence-electron chi connectivity index (χ1n) is 17.2. The first-order chi connectivity index (χ1) is 22.4. The summed E-state index contributed by atoms with van der Waals surface area (Å²) in [5.41, 5.74) is 3.14. The Hall–Kier alpha value is -1.35. The zero-order chi connectivity index (χ0) is 32.2. The van der Waals surface area contributed by atoms with E-state index in [4.69, 9.17) is 0 Å². The fraction of sp³-hybridized carbons (Fsp3) is 0.462. The molecule has 46 heavy (non-hydrogen) atoms. The smallest absolute Gasteiger partial charge is 0.169 e. The number of unbranched alkanes of at least 4 members (excludes halogenated alkanes) is 10. The Kier molecular flexibility index (Phi) is 11.9. The van der Waals surface area contributed by atoms with E-state index >= 15 is 0 Å². The molecule has 0 saturated carbocycles. The molecule has 0 N–H and O–H groups in total. The van der Waals surface area contributed by atoms with Crippen molar-refractivity contribution in [1.82, 2.24) is 0 Å². The number of aryl methyl sites for hydroxylation is 3. The zero-order valence-electron chi connectivity index (χ0n) is 27.6. The molecule has 0 radical (unpaired) electrons. The van der Waals surface area contributed by atoms with Gasteiger partial charge in [0.25, 0.3) is 0 Å². The molecule has 244 valence electrons. The SMILES string of the molecule is CCCCCCCCc1c2cc(-c3sc(C)c4sc(C(C)=O)cc34)sc2c(CCCCCCCC)c2cc(-c3ccc(Br)s3)sc12. The Morgan fingerprint density at radius 1 is 0.609 bits per heavy atom. The molecular formula is C39H45BrOS5. The minimum absolute atomic E-state index is 0.171. The van der Waals surface area contributed by atoms with Crippen LogP contribution in [0.3, 0.4) is 0 Å². The van der Waals surface area contributed by atoms with Gasteiger partial charge >= 0.3 is 0 Å². The van der Waals surface area contributed by atoms with Crippen molar-refractivity contribution in [3.8, 4) is 19.5 Å². The van der Waals surface area contributed by atoms with Gasteiger partial charge in [-0.05, 0) is 108 Å². The van der Waals surface area contributed by atoms with Crippen LogP contribution in [0.15, 0.2) is 34.1 Å². The Morgan fingerprint density at radius 2 is 1.17 bits per heavy atom. The van der Waals surface area contributed by atoms with E-state index in [1.54, 1.807) is 29.4 Å². The molecule has 1 nitrogen and oxygen atoms in total. The molecule has 5 heterocycles. The maximum absolute atomic E-state index is 12.3. The van der Waals surface area contributed by atoms with Crippen molar-refractivity contribution in [2.45, 2.75) is 118 Å². The van der Waals surface area contributed by atoms with E-state index in [-0.39, 0.29) is 5.78 Å². The van der Waals surface area contributed by atoms with Gasteiger partial charge in [0.1, 0.15) is 0 Å². The molecule has 6 aromatic rings. The molecule has 7 heteroatoms. The quantitative estimate of drug-likeness (QED) is 0.0667. The van der Waals surface area contributed by atoms with Crippen molar-refractivity contribution in [2.75, 3.05) is 0 Å². The molecule has 0 saturated heterocycles. The molecule has 0 atom stereocenters. The summed E-state index contributed by atoms with van der Waals surface area (Å²) in [5.74, 6) is 0.171. The number of benzene rings is 1. The molecule has 0 bridgehead atoms. The molecule has 1 aromatic carbocycles. The monoisotopic (exact) mass is 768 g/mol. The number of hydrogen-bond donors (Lipinski definition) is 0. The lowest BCUT2D eigenvalue weighted by Gasteiger charge is -2.12. The van der Waals surface area contributed by atoms with E-state index in [2.05, 4.69) is 67.0 Å². The highest BCUT2D eigenvalue weighted by molar-refractivity contribution is 9.11. The van der Waals surface area contributed by atoms with Crippen LogP contribution >= 0.6 is 72.6 Å². The third-order valence-electron chi connectivity index (χ3n) is 9.16. The van der Waals surface area contributed by atoms with Gasteiger partial charge in [0, 0.05) is 39.0 Å². The number of carbonyl (C=O) groups is 1. The van der Waals surface area contributed by atoms with E-state index in [9.17, 15) is 4.79 Å². The second-order valence-corrected chi connectivity index (χ2v) is 19.5. The number of rotatable bonds is 17. The highest BCUT2D eigenvalue weighted by Gasteiger charge is 2.23. The van der Waals surface area contributed by atoms with Crippen LogP contribution in [0.1, 0.15) is 123 Å². The van der Waals surface area contributed by atoms with E-state index in [0.717, 1.165) is 17.7 Å². The molecular weight excluding hydrogens is 725 g/mol. The molecule has 0 spiro atoms. The van der Waals surface area contributed by atoms with Crippen molar-refractivity contribution in [3.05, 3.63) is 55.0 Å². The second kappa shape index (κ2) is 15.9. The van der Waals surface area contributed by atoms with Gasteiger partial charge in [0.15, 0.2) is 5.78 Å². The van der Waals surface area contributed by atoms with Crippen LogP contribution in [0.25, 0.3) is 49.8 Å². The average molecular weight is 770 g/mol. The lowest BCUT2D eigenvalue weighted by Crippen LogP contribution is -1.93. The third-order valence-corrected chi connectivity index (χ3v) is 16.2. The van der Waals surface area contributed by atoms with Crippen LogP contribution in [0.4, 0.5) is 0 Å². The third kappa shape index (κ3) is 7.45. The van der Waals surface area contributed by atoms with Crippen molar-refractivity contribution in [2.24, 2.45) is 0 Å². The normalized spacial score (nSPS) is 12.0. The summed E-state index contributed by atoms with van der Waals surface area (Å²) in [5, 5.41) is 4.26. The van der Waals surface area contributed by atoms with E-state index in [1.807, 2.05) is 45.3 Å². The number of thiophene rings is 5. The van der Waals surface area contributed by atoms with Gasteiger partial charge in [-0.1, -0.05) is 78.1 Å². The molecule has 5 aromatic heterocycles. The lowest BCUT2D eigenvalue weighted by atomic mass is 9.94. The first-order valence-corrected chi connectivity index (χ1v) is 22.1. The van der Waals surface area contributed by atoms with Crippen molar-refractivity contribution in [1.29, 1.82) is 0 Å². The van der Waals surface area contributed by atoms with Crippen molar-refractivity contribution >= 4 is 109 Å². The van der Waals surface area contributed by atoms with E-state index < -0.39 is 0 Å². The highest BCUT2D eigenvalue weighted by atomic mass is 79.9. The zero-order valence-corrected chi connectivity index (χ0v) is 33.3. The standard InChI is InChI=1S/C39H45BrOS5/c1-5-7-9-11-13-15-17-26-28-21-33(31-19-20-35(40)43-31)45-37(28)27(18-16-14-12-10-8-6-2)29-22-34(46-38(26)29)39-30-23-32(24(3)41)44-36(30)25(4)42-39/h19-23H,5-18H2,1-4H3. The minimum Gasteiger partial charge on any atom is -0.294 e. The number of Topliss-reactive ketones (excluding diaryl/α,β-unsaturated/α-hetero) is 1.